The van der Waals surface area contributed by atoms with E-state index in [-0.39, 0.29) is 22.6 Å². The summed E-state index contributed by atoms with van der Waals surface area (Å²) in [5.74, 6) is -0.304. The van der Waals surface area contributed by atoms with Crippen LogP contribution >= 0.6 is 18.9 Å². The van der Waals surface area contributed by atoms with E-state index in [0.29, 0.717) is 62.1 Å². The fraction of sp³-hybridized carbons (Fsp3) is 0.440. The van der Waals surface area contributed by atoms with Gasteiger partial charge in [-0.05, 0) is 116 Å². The zero-order valence-electron chi connectivity index (χ0n) is 39.7. The van der Waals surface area contributed by atoms with Crippen molar-refractivity contribution in [3.63, 3.8) is 0 Å². The number of pyridine rings is 1. The Balaban J connectivity index is 0.963. The van der Waals surface area contributed by atoms with Gasteiger partial charge in [0, 0.05) is 101 Å². The second-order valence-corrected chi connectivity index (χ2v) is 25.2. The van der Waals surface area contributed by atoms with Crippen molar-refractivity contribution in [3.8, 4) is 5.88 Å². The van der Waals surface area contributed by atoms with Crippen molar-refractivity contribution in [1.82, 2.24) is 24.3 Å². The summed E-state index contributed by atoms with van der Waals surface area (Å²) in [6.07, 6.45) is 7.14. The number of allylic oxidation sites excluding steroid dienone is 1. The number of piperazine rings is 1. The van der Waals surface area contributed by atoms with E-state index in [2.05, 4.69) is 50.8 Å². The zero-order valence-corrected chi connectivity index (χ0v) is 42.1. The molecule has 2 aromatic heterocycles. The van der Waals surface area contributed by atoms with Crippen LogP contribution in [-0.2, 0) is 14.6 Å². The van der Waals surface area contributed by atoms with Crippen LogP contribution in [0.3, 0.4) is 0 Å². The molecule has 3 aliphatic heterocycles. The molecule has 1 amide bonds. The molecule has 0 atom stereocenters. The summed E-state index contributed by atoms with van der Waals surface area (Å²) in [5, 5.41) is 17.1. The van der Waals surface area contributed by atoms with Crippen molar-refractivity contribution < 1.29 is 27.4 Å². The number of piperidine rings is 1. The molecule has 0 saturated carbocycles. The highest BCUT2D eigenvalue weighted by atomic mass is 35.5. The summed E-state index contributed by atoms with van der Waals surface area (Å²) in [6, 6.07) is 21.1. The Morgan fingerprint density at radius 1 is 0.971 bits per heavy atom. The number of amides is 1. The fourth-order valence-electron chi connectivity index (χ4n) is 10.1. The number of hydrogen-bond acceptors (Lipinski definition) is 12. The molecule has 2 fully saturated rings. The first kappa shape index (κ1) is 48.6. The molecule has 0 radical (unpaired) electrons. The minimum absolute atomic E-state index is 0.103. The first-order valence-corrected chi connectivity index (χ1v) is 28.2. The van der Waals surface area contributed by atoms with E-state index in [9.17, 15) is 27.9 Å². The average Bonchev–Trinajstić information content (AvgIpc) is 3.68. The number of hydrogen-bond donors (Lipinski definition) is 3. The Labute approximate surface area is 409 Å². The molecule has 3 aromatic carbocycles. The van der Waals surface area contributed by atoms with Gasteiger partial charge in [-0.2, -0.15) is 4.98 Å². The second-order valence-electron chi connectivity index (χ2n) is 19.9. The van der Waals surface area contributed by atoms with Crippen LogP contribution in [0.5, 0.6) is 5.88 Å². The van der Waals surface area contributed by atoms with Gasteiger partial charge in [-0.1, -0.05) is 43.2 Å². The van der Waals surface area contributed by atoms with Crippen LogP contribution in [0.2, 0.25) is 5.02 Å². The van der Waals surface area contributed by atoms with E-state index in [1.54, 1.807) is 25.6 Å². The van der Waals surface area contributed by atoms with E-state index >= 15 is 0 Å². The highest BCUT2D eigenvalue weighted by Gasteiger charge is 2.33. The van der Waals surface area contributed by atoms with Crippen molar-refractivity contribution in [1.29, 1.82) is 0 Å². The maximum atomic E-state index is 14.5. The highest BCUT2D eigenvalue weighted by Crippen LogP contribution is 2.45. The first-order valence-electron chi connectivity index (χ1n) is 23.8. The SMILES string of the molecule is CC1(C)CCC(CN2CCN(c3ccc(C(=O)NS(=O)(=O)c4ccc(NCC5CCN(P(C)(C)=O)CC5)c([N+](=O)[O-])c4)c(N4CCCOc5nc6[nH]ccc6cc54)c3)CC2)=C(c2ccc(Cl)cc2)C1. The molecule has 19 heteroatoms. The normalized spacial score (nSPS) is 18.7. The fourth-order valence-corrected chi connectivity index (χ4v) is 12.4. The summed E-state index contributed by atoms with van der Waals surface area (Å²) in [6.45, 7) is 14.8. The molecule has 16 nitrogen and oxygen atoms in total. The van der Waals surface area contributed by atoms with Crippen LogP contribution in [0.4, 0.5) is 28.4 Å². The van der Waals surface area contributed by atoms with Crippen molar-refractivity contribution >= 4 is 79.9 Å². The number of H-pyrrole nitrogens is 1. The molecule has 4 aliphatic rings. The van der Waals surface area contributed by atoms with Gasteiger partial charge in [0.05, 0.1) is 27.7 Å². The molecule has 3 N–H and O–H groups in total. The number of anilines is 4. The molecule has 0 unspecified atom stereocenters. The highest BCUT2D eigenvalue weighted by molar-refractivity contribution is 7.90. The lowest BCUT2D eigenvalue weighted by Crippen LogP contribution is -2.47. The van der Waals surface area contributed by atoms with Crippen LogP contribution in [0, 0.1) is 21.4 Å². The monoisotopic (exact) mass is 997 g/mol. The van der Waals surface area contributed by atoms with Crippen LogP contribution in [0.1, 0.15) is 68.3 Å². The molecule has 0 spiro atoms. The number of nitro benzene ring substituents is 1. The number of nitrogens with zero attached hydrogens (tertiary/aromatic N) is 6. The van der Waals surface area contributed by atoms with Crippen molar-refractivity contribution in [2.45, 2.75) is 57.3 Å². The Morgan fingerprint density at radius 2 is 1.72 bits per heavy atom. The van der Waals surface area contributed by atoms with Crippen LogP contribution in [-0.4, -0.2) is 118 Å². The van der Waals surface area contributed by atoms with Gasteiger partial charge in [0.2, 0.25) is 5.88 Å². The van der Waals surface area contributed by atoms with Crippen molar-refractivity contribution in [3.05, 3.63) is 111 Å². The summed E-state index contributed by atoms with van der Waals surface area (Å²) in [5.41, 5.74) is 6.84. The molecular weight excluding hydrogens is 937 g/mol. The minimum atomic E-state index is -4.60. The number of carbonyl (C=O) groups is 1. The molecule has 5 aromatic rings. The number of nitro groups is 1. The molecule has 9 rings (SSSR count). The van der Waals surface area contributed by atoms with Gasteiger partial charge in [0.25, 0.3) is 21.6 Å². The third kappa shape index (κ3) is 11.0. The Kier molecular flexibility index (Phi) is 13.9. The van der Waals surface area contributed by atoms with Gasteiger partial charge in [-0.25, -0.2) is 13.1 Å². The standard InChI is InChI=1S/C50H61ClN9O7PS/c1-50(2)18-14-37(42(31-50)35-6-8-38(51)9-7-35)33-56-23-25-57(26-24-56)39-10-12-41(44(29-39)59-20-5-27-67-49-46(59)28-36-15-19-52-47(36)54-49)48(61)55-69(65,66)40-11-13-43(45(30-40)60(62)63)53-32-34-16-21-58(22-17-34)68(3,4)64/h6-13,15,19,28-30,34,53H,5,14,16-18,20-27,31-33H2,1-4H3,(H,52,54)(H,55,61). The summed E-state index contributed by atoms with van der Waals surface area (Å²) >= 11 is 6.28. The molecule has 366 valence electrons. The van der Waals surface area contributed by atoms with Gasteiger partial charge in [-0.3, -0.25) is 24.5 Å². The molecular formula is C50H61ClN9O7PS. The predicted molar refractivity (Wildman–Crippen MR) is 274 cm³/mol. The van der Waals surface area contributed by atoms with E-state index < -0.39 is 38.7 Å². The third-order valence-electron chi connectivity index (χ3n) is 14.1. The lowest BCUT2D eigenvalue weighted by atomic mass is 9.72. The van der Waals surface area contributed by atoms with E-state index in [1.165, 1.54) is 28.8 Å². The Bertz CT molecular complexity index is 2940. The molecule has 69 heavy (non-hydrogen) atoms. The summed E-state index contributed by atoms with van der Waals surface area (Å²) < 4.78 is 51.0. The van der Waals surface area contributed by atoms with Gasteiger partial charge in [0.15, 0.2) is 0 Å². The average molecular weight is 999 g/mol. The minimum Gasteiger partial charge on any atom is -0.476 e. The quantitative estimate of drug-likeness (QED) is 0.0576. The van der Waals surface area contributed by atoms with Crippen molar-refractivity contribution in [2.24, 2.45) is 11.3 Å². The first-order chi connectivity index (χ1) is 32.9. The Morgan fingerprint density at radius 3 is 2.45 bits per heavy atom. The number of rotatable bonds is 13. The molecule has 0 bridgehead atoms. The van der Waals surface area contributed by atoms with Crippen molar-refractivity contribution in [2.75, 3.05) is 94.0 Å². The number of aromatic nitrogens is 2. The number of carbonyl (C=O) groups excluding carboxylic acids is 1. The maximum Gasteiger partial charge on any atom is 0.293 e. The molecule has 2 saturated heterocycles. The van der Waals surface area contributed by atoms with E-state index in [1.807, 2.05) is 46.0 Å². The third-order valence-corrected chi connectivity index (χ3v) is 17.5. The smallest absolute Gasteiger partial charge is 0.293 e. The second kappa shape index (κ2) is 19.7. The zero-order chi connectivity index (χ0) is 48.7. The maximum absolute atomic E-state index is 14.5. The van der Waals surface area contributed by atoms with Gasteiger partial charge >= 0.3 is 0 Å². The Hall–Kier alpha value is -5.45. The number of aromatic amines is 1. The van der Waals surface area contributed by atoms with Gasteiger partial charge < -0.3 is 29.4 Å². The van der Waals surface area contributed by atoms with Crippen LogP contribution in [0.25, 0.3) is 16.6 Å². The largest absolute Gasteiger partial charge is 0.476 e. The lowest BCUT2D eigenvalue weighted by molar-refractivity contribution is -0.384. The van der Waals surface area contributed by atoms with Crippen LogP contribution in [0.15, 0.2) is 89.5 Å². The summed E-state index contributed by atoms with van der Waals surface area (Å²) in [7, 11) is -6.96. The van der Waals surface area contributed by atoms with Gasteiger partial charge in [0.1, 0.15) is 24.3 Å². The van der Waals surface area contributed by atoms with E-state index in [4.69, 9.17) is 21.3 Å². The van der Waals surface area contributed by atoms with Crippen LogP contribution < -0.4 is 24.6 Å². The topological polar surface area (TPSA) is 186 Å². The van der Waals surface area contributed by atoms with Gasteiger partial charge in [-0.15, -0.1) is 0 Å². The molecule has 1 aliphatic carbocycles. The summed E-state index contributed by atoms with van der Waals surface area (Å²) in [4.78, 5) is 40.4. The number of sulfonamides is 1. The van der Waals surface area contributed by atoms with E-state index in [0.717, 1.165) is 87.0 Å². The molecule has 5 heterocycles. The lowest BCUT2D eigenvalue weighted by Gasteiger charge is -2.39. The number of halogens is 1. The number of benzene rings is 3. The number of ether oxygens (including phenoxy) is 1. The number of nitrogens with one attached hydrogen (secondary N) is 3. The number of fused-ring (bicyclic) bond motifs is 2. The predicted octanol–water partition coefficient (Wildman–Crippen LogP) is 9.61.